The first kappa shape index (κ1) is 21.0. The third-order valence-electron chi connectivity index (χ3n) is 4.56. The van der Waals surface area contributed by atoms with Gasteiger partial charge in [-0.25, -0.2) is 0 Å². The normalized spacial score (nSPS) is 12.1. The molecule has 5 heteroatoms. The molecule has 0 spiro atoms. The van der Waals surface area contributed by atoms with Gasteiger partial charge in [-0.05, 0) is 41.9 Å². The van der Waals surface area contributed by atoms with Gasteiger partial charge in [0.15, 0.2) is 0 Å². The molecule has 3 aromatic rings. The van der Waals surface area contributed by atoms with Crippen LogP contribution in [0.5, 0.6) is 5.75 Å². The van der Waals surface area contributed by atoms with Crippen molar-refractivity contribution < 1.29 is 9.84 Å². The van der Waals surface area contributed by atoms with Crippen LogP contribution < -0.4 is 10.1 Å². The third kappa shape index (κ3) is 7.66. The molecule has 0 saturated heterocycles. The maximum atomic E-state index is 10.3. The number of hydrogen-bond donors (Lipinski definition) is 2. The van der Waals surface area contributed by atoms with Crippen LogP contribution in [0.25, 0.3) is 0 Å². The van der Waals surface area contributed by atoms with Gasteiger partial charge in [-0.1, -0.05) is 48.5 Å². The van der Waals surface area contributed by atoms with Crippen LogP contribution in [-0.4, -0.2) is 41.3 Å². The Morgan fingerprint density at radius 3 is 2.38 bits per heavy atom. The fourth-order valence-electron chi connectivity index (χ4n) is 3.12. The second-order valence-corrected chi connectivity index (χ2v) is 7.26. The number of aliphatic hydroxyl groups is 1. The lowest BCUT2D eigenvalue weighted by Crippen LogP contribution is -2.32. The van der Waals surface area contributed by atoms with E-state index in [0.29, 0.717) is 6.54 Å². The summed E-state index contributed by atoms with van der Waals surface area (Å²) in [5.74, 6) is 0.769. The highest BCUT2D eigenvalue weighted by molar-refractivity contribution is 5.27. The predicted octanol–water partition coefficient (Wildman–Crippen LogP) is 3.24. The molecule has 2 aromatic carbocycles. The molecule has 1 aromatic heterocycles. The predicted molar refractivity (Wildman–Crippen MR) is 116 cm³/mol. The van der Waals surface area contributed by atoms with Crippen molar-refractivity contribution in [3.8, 4) is 5.75 Å². The van der Waals surface area contributed by atoms with Gasteiger partial charge < -0.3 is 15.2 Å². The molecule has 1 atom stereocenters. The number of likely N-dealkylation sites (N-methyl/N-ethyl adjacent to an activating group) is 1. The molecule has 0 bridgehead atoms. The molecule has 29 heavy (non-hydrogen) atoms. The monoisotopic (exact) mass is 391 g/mol. The molecule has 0 fully saturated rings. The highest BCUT2D eigenvalue weighted by Crippen LogP contribution is 2.13. The van der Waals surface area contributed by atoms with E-state index in [-0.39, 0.29) is 6.61 Å². The van der Waals surface area contributed by atoms with Crippen molar-refractivity contribution in [2.24, 2.45) is 0 Å². The molecular formula is C24H29N3O2. The van der Waals surface area contributed by atoms with Crippen molar-refractivity contribution in [1.29, 1.82) is 0 Å². The molecule has 1 heterocycles. The van der Waals surface area contributed by atoms with Gasteiger partial charge in [-0.3, -0.25) is 9.88 Å². The van der Waals surface area contributed by atoms with Crippen molar-refractivity contribution in [2.45, 2.75) is 25.7 Å². The minimum absolute atomic E-state index is 0.276. The fourth-order valence-corrected chi connectivity index (χ4v) is 3.12. The molecule has 0 aliphatic heterocycles. The summed E-state index contributed by atoms with van der Waals surface area (Å²) < 4.78 is 5.74. The van der Waals surface area contributed by atoms with E-state index in [0.717, 1.165) is 25.4 Å². The molecular weight excluding hydrogens is 362 g/mol. The Labute approximate surface area is 173 Å². The van der Waals surface area contributed by atoms with Gasteiger partial charge in [0, 0.05) is 38.6 Å². The maximum Gasteiger partial charge on any atom is 0.119 e. The number of nitrogens with zero attached hydrogens (tertiary/aromatic N) is 2. The number of hydrogen-bond acceptors (Lipinski definition) is 5. The number of ether oxygens (including phenoxy) is 1. The van der Waals surface area contributed by atoms with Crippen molar-refractivity contribution in [3.05, 3.63) is 95.8 Å². The molecule has 0 aliphatic carbocycles. The van der Waals surface area contributed by atoms with E-state index >= 15 is 0 Å². The second-order valence-electron chi connectivity index (χ2n) is 7.26. The Morgan fingerprint density at radius 1 is 0.931 bits per heavy atom. The number of aromatic nitrogens is 1. The van der Waals surface area contributed by atoms with Crippen LogP contribution in [-0.2, 0) is 19.6 Å². The van der Waals surface area contributed by atoms with Crippen molar-refractivity contribution in [2.75, 3.05) is 20.2 Å². The summed E-state index contributed by atoms with van der Waals surface area (Å²) in [5, 5.41) is 13.7. The van der Waals surface area contributed by atoms with Gasteiger partial charge in [0.25, 0.3) is 0 Å². The Hall–Kier alpha value is -2.73. The SMILES string of the molecule is CN(Cc1ccccc1)C[C@H](O)COc1ccc(CNCc2cccnc2)cc1. The van der Waals surface area contributed by atoms with Gasteiger partial charge in [0.1, 0.15) is 18.5 Å². The number of rotatable bonds is 11. The molecule has 2 N–H and O–H groups in total. The van der Waals surface area contributed by atoms with Crippen LogP contribution in [0.1, 0.15) is 16.7 Å². The van der Waals surface area contributed by atoms with Gasteiger partial charge in [0.2, 0.25) is 0 Å². The summed E-state index contributed by atoms with van der Waals surface area (Å²) >= 11 is 0. The van der Waals surface area contributed by atoms with Gasteiger partial charge in [-0.2, -0.15) is 0 Å². The van der Waals surface area contributed by atoms with Crippen molar-refractivity contribution in [1.82, 2.24) is 15.2 Å². The lowest BCUT2D eigenvalue weighted by Gasteiger charge is -2.21. The molecule has 0 radical (unpaired) electrons. The van der Waals surface area contributed by atoms with Crippen LogP contribution in [0.4, 0.5) is 0 Å². The smallest absolute Gasteiger partial charge is 0.119 e. The molecule has 0 amide bonds. The van der Waals surface area contributed by atoms with E-state index in [4.69, 9.17) is 4.74 Å². The van der Waals surface area contributed by atoms with Gasteiger partial charge in [0.05, 0.1) is 0 Å². The first-order chi connectivity index (χ1) is 14.2. The summed E-state index contributed by atoms with van der Waals surface area (Å²) in [6.07, 6.45) is 3.11. The topological polar surface area (TPSA) is 57.6 Å². The zero-order valence-corrected chi connectivity index (χ0v) is 16.9. The Bertz CT molecular complexity index is 826. The first-order valence-corrected chi connectivity index (χ1v) is 9.91. The second kappa shape index (κ2) is 11.3. The van der Waals surface area contributed by atoms with Gasteiger partial charge in [-0.15, -0.1) is 0 Å². The highest BCUT2D eigenvalue weighted by Gasteiger charge is 2.10. The Morgan fingerprint density at radius 2 is 1.66 bits per heavy atom. The lowest BCUT2D eigenvalue weighted by atomic mass is 10.2. The van der Waals surface area contributed by atoms with E-state index in [2.05, 4.69) is 33.4 Å². The van der Waals surface area contributed by atoms with E-state index < -0.39 is 6.10 Å². The zero-order chi connectivity index (χ0) is 20.3. The summed E-state index contributed by atoms with van der Waals surface area (Å²) in [6, 6.07) is 22.2. The van der Waals surface area contributed by atoms with Crippen LogP contribution in [0, 0.1) is 0 Å². The third-order valence-corrected chi connectivity index (χ3v) is 4.56. The minimum atomic E-state index is -0.537. The highest BCUT2D eigenvalue weighted by atomic mass is 16.5. The average molecular weight is 392 g/mol. The average Bonchev–Trinajstić information content (AvgIpc) is 2.74. The standard InChI is InChI=1S/C24H29N3O2/c1-27(17-21-6-3-2-4-7-21)18-23(28)19-29-24-11-9-20(10-12-24)14-26-16-22-8-5-13-25-15-22/h2-13,15,23,26,28H,14,16-19H2,1H3/t23-/m0/s1. The number of benzene rings is 2. The number of nitrogens with one attached hydrogen (secondary N) is 1. The van der Waals surface area contributed by atoms with Crippen LogP contribution in [0.3, 0.4) is 0 Å². The fraction of sp³-hybridized carbons (Fsp3) is 0.292. The Balaban J connectivity index is 1.35. The van der Waals surface area contributed by atoms with Crippen molar-refractivity contribution in [3.63, 3.8) is 0 Å². The van der Waals surface area contributed by atoms with E-state index in [1.165, 1.54) is 16.7 Å². The molecule has 5 nitrogen and oxygen atoms in total. The molecule has 0 unspecified atom stereocenters. The summed E-state index contributed by atoms with van der Waals surface area (Å²) in [7, 11) is 2.00. The van der Waals surface area contributed by atoms with E-state index in [1.54, 1.807) is 6.20 Å². The molecule has 0 saturated carbocycles. The van der Waals surface area contributed by atoms with E-state index in [1.807, 2.05) is 61.8 Å². The number of aliphatic hydroxyl groups excluding tert-OH is 1. The Kier molecular flexibility index (Phi) is 8.19. The maximum absolute atomic E-state index is 10.3. The van der Waals surface area contributed by atoms with Crippen LogP contribution in [0.2, 0.25) is 0 Å². The summed E-state index contributed by atoms with van der Waals surface area (Å²) in [6.45, 7) is 3.21. The molecule has 0 aliphatic rings. The summed E-state index contributed by atoms with van der Waals surface area (Å²) in [5.41, 5.74) is 3.58. The zero-order valence-electron chi connectivity index (χ0n) is 16.9. The van der Waals surface area contributed by atoms with Gasteiger partial charge >= 0.3 is 0 Å². The molecule has 3 rings (SSSR count). The molecule has 152 valence electrons. The quantitative estimate of drug-likeness (QED) is 0.526. The van der Waals surface area contributed by atoms with Crippen LogP contribution >= 0.6 is 0 Å². The largest absolute Gasteiger partial charge is 0.491 e. The first-order valence-electron chi connectivity index (χ1n) is 9.91. The van der Waals surface area contributed by atoms with Crippen molar-refractivity contribution >= 4 is 0 Å². The lowest BCUT2D eigenvalue weighted by molar-refractivity contribution is 0.0744. The number of pyridine rings is 1. The minimum Gasteiger partial charge on any atom is -0.491 e. The summed E-state index contributed by atoms with van der Waals surface area (Å²) in [4.78, 5) is 6.21. The van der Waals surface area contributed by atoms with E-state index in [9.17, 15) is 5.11 Å². The van der Waals surface area contributed by atoms with Crippen LogP contribution in [0.15, 0.2) is 79.1 Å².